The lowest BCUT2D eigenvalue weighted by Gasteiger charge is -2.38. The number of carbonyl (C=O) groups excluding carboxylic acids is 2. The van der Waals surface area contributed by atoms with Gasteiger partial charge in [-0.3, -0.25) is 4.79 Å². The average molecular weight is 566 g/mol. The summed E-state index contributed by atoms with van der Waals surface area (Å²) in [7, 11) is 3.31. The molecule has 10 heteroatoms. The van der Waals surface area contributed by atoms with Gasteiger partial charge in [0.1, 0.15) is 5.75 Å². The van der Waals surface area contributed by atoms with Crippen molar-refractivity contribution in [2.24, 2.45) is 0 Å². The molecule has 0 spiro atoms. The number of aryl methyl sites for hydroxylation is 1. The Morgan fingerprint density at radius 1 is 0.875 bits per heavy atom. The van der Waals surface area contributed by atoms with Gasteiger partial charge < -0.3 is 35.2 Å². The van der Waals surface area contributed by atoms with Crippen LogP contribution < -0.4 is 30.5 Å². The van der Waals surface area contributed by atoms with Crippen LogP contribution >= 0.6 is 11.6 Å². The van der Waals surface area contributed by atoms with Crippen LogP contribution in [0.1, 0.15) is 22.3 Å². The van der Waals surface area contributed by atoms with Crippen LogP contribution in [0.3, 0.4) is 0 Å². The van der Waals surface area contributed by atoms with E-state index in [4.69, 9.17) is 21.1 Å². The van der Waals surface area contributed by atoms with Crippen molar-refractivity contribution in [2.75, 3.05) is 74.0 Å². The lowest BCUT2D eigenvalue weighted by atomic mass is 10.1. The minimum absolute atomic E-state index is 0.201. The molecule has 40 heavy (non-hydrogen) atoms. The van der Waals surface area contributed by atoms with Gasteiger partial charge in [0.25, 0.3) is 5.91 Å². The number of nitrogens with one attached hydrogen (secondary N) is 3. The maximum Gasteiger partial charge on any atom is 0.323 e. The molecule has 3 aromatic carbocycles. The van der Waals surface area contributed by atoms with E-state index in [2.05, 4.69) is 31.8 Å². The number of ether oxygens (including phenoxy) is 2. The molecule has 3 amide bonds. The van der Waals surface area contributed by atoms with Gasteiger partial charge in [-0.15, -0.1) is 0 Å². The minimum atomic E-state index is -0.426. The summed E-state index contributed by atoms with van der Waals surface area (Å²) < 4.78 is 10.6. The third kappa shape index (κ3) is 7.37. The predicted molar refractivity (Wildman–Crippen MR) is 162 cm³/mol. The Balaban J connectivity index is 1.49. The van der Waals surface area contributed by atoms with Gasteiger partial charge in [-0.1, -0.05) is 29.8 Å². The second-order valence-corrected chi connectivity index (χ2v) is 9.93. The van der Waals surface area contributed by atoms with Crippen molar-refractivity contribution in [3.05, 3.63) is 76.8 Å². The fourth-order valence-corrected chi connectivity index (χ4v) is 4.81. The lowest BCUT2D eigenvalue weighted by Crippen LogP contribution is -2.47. The van der Waals surface area contributed by atoms with E-state index < -0.39 is 6.03 Å². The van der Waals surface area contributed by atoms with Crippen LogP contribution in [0.5, 0.6) is 5.75 Å². The van der Waals surface area contributed by atoms with E-state index in [0.717, 1.165) is 48.9 Å². The van der Waals surface area contributed by atoms with Crippen LogP contribution in [0, 0.1) is 6.92 Å². The molecule has 1 saturated heterocycles. The van der Waals surface area contributed by atoms with E-state index in [1.807, 2.05) is 43.3 Å². The Labute approximate surface area is 240 Å². The molecular formula is C30H36ClN5O4. The highest BCUT2D eigenvalue weighted by molar-refractivity contribution is 6.31. The number of methoxy groups -OCH3 is 2. The molecule has 0 unspecified atom stereocenters. The molecule has 212 valence electrons. The number of hydrogen-bond acceptors (Lipinski definition) is 6. The Hall–Kier alpha value is -3.95. The van der Waals surface area contributed by atoms with Crippen molar-refractivity contribution in [3.8, 4) is 5.75 Å². The maximum absolute atomic E-state index is 13.3. The molecule has 0 radical (unpaired) electrons. The number of hydrogen-bond donors (Lipinski definition) is 3. The number of urea groups is 1. The molecule has 0 saturated carbocycles. The minimum Gasteiger partial charge on any atom is -0.495 e. The number of para-hydroxylation sites is 2. The van der Waals surface area contributed by atoms with E-state index in [9.17, 15) is 9.59 Å². The zero-order chi connectivity index (χ0) is 28.5. The van der Waals surface area contributed by atoms with E-state index >= 15 is 0 Å². The molecule has 3 aromatic rings. The SMILES string of the molecule is COCCCNC(=O)c1cc(NC(=O)Nc2ccc(C)c(Cl)c2)ccc1N1CCN(c2ccccc2OC)CC1. The van der Waals surface area contributed by atoms with Gasteiger partial charge in [0.2, 0.25) is 0 Å². The first-order chi connectivity index (χ1) is 19.4. The summed E-state index contributed by atoms with van der Waals surface area (Å²) in [6.07, 6.45) is 0.703. The molecule has 9 nitrogen and oxygen atoms in total. The normalized spacial score (nSPS) is 13.1. The number of rotatable bonds is 10. The summed E-state index contributed by atoms with van der Waals surface area (Å²) in [6, 6.07) is 18.3. The Kier molecular flexibility index (Phi) is 10.1. The van der Waals surface area contributed by atoms with Gasteiger partial charge in [0, 0.05) is 68.5 Å². The molecule has 0 atom stereocenters. The second-order valence-electron chi connectivity index (χ2n) is 9.52. The molecule has 4 rings (SSSR count). The third-order valence-corrected chi connectivity index (χ3v) is 7.19. The smallest absolute Gasteiger partial charge is 0.323 e. The van der Waals surface area contributed by atoms with Crippen molar-refractivity contribution in [1.29, 1.82) is 0 Å². The van der Waals surface area contributed by atoms with Gasteiger partial charge in [-0.05, 0) is 61.4 Å². The molecule has 0 bridgehead atoms. The summed E-state index contributed by atoms with van der Waals surface area (Å²) in [6.45, 7) is 5.94. The number of piperazine rings is 1. The number of amides is 3. The summed E-state index contributed by atoms with van der Waals surface area (Å²) in [4.78, 5) is 30.5. The average Bonchev–Trinajstić information content (AvgIpc) is 2.97. The van der Waals surface area contributed by atoms with Crippen molar-refractivity contribution in [3.63, 3.8) is 0 Å². The summed E-state index contributed by atoms with van der Waals surface area (Å²) in [5.74, 6) is 0.640. The number of nitrogens with zero attached hydrogens (tertiary/aromatic N) is 2. The first kappa shape index (κ1) is 29.0. The topological polar surface area (TPSA) is 95.2 Å². The fraction of sp³-hybridized carbons (Fsp3) is 0.333. The Morgan fingerprint density at radius 2 is 1.52 bits per heavy atom. The Morgan fingerprint density at radius 3 is 2.20 bits per heavy atom. The zero-order valence-corrected chi connectivity index (χ0v) is 23.9. The van der Waals surface area contributed by atoms with Gasteiger partial charge >= 0.3 is 6.03 Å². The highest BCUT2D eigenvalue weighted by Crippen LogP contribution is 2.31. The molecule has 1 aliphatic rings. The van der Waals surface area contributed by atoms with Crippen LogP contribution in [0.4, 0.5) is 27.5 Å². The monoisotopic (exact) mass is 565 g/mol. The molecule has 1 aliphatic heterocycles. The van der Waals surface area contributed by atoms with Crippen LogP contribution in [-0.4, -0.2) is 65.5 Å². The van der Waals surface area contributed by atoms with E-state index in [0.29, 0.717) is 41.5 Å². The van der Waals surface area contributed by atoms with Crippen LogP contribution in [0.2, 0.25) is 5.02 Å². The largest absolute Gasteiger partial charge is 0.495 e. The summed E-state index contributed by atoms with van der Waals surface area (Å²) >= 11 is 6.19. The van der Waals surface area contributed by atoms with Crippen molar-refractivity contribution >= 4 is 46.3 Å². The van der Waals surface area contributed by atoms with Crippen LogP contribution in [-0.2, 0) is 4.74 Å². The zero-order valence-electron chi connectivity index (χ0n) is 23.1. The third-order valence-electron chi connectivity index (χ3n) is 6.79. The van der Waals surface area contributed by atoms with Crippen LogP contribution in [0.25, 0.3) is 0 Å². The van der Waals surface area contributed by atoms with Crippen molar-refractivity contribution < 1.29 is 19.1 Å². The molecule has 1 heterocycles. The quantitative estimate of drug-likeness (QED) is 0.285. The van der Waals surface area contributed by atoms with Gasteiger partial charge in [0.15, 0.2) is 0 Å². The second kappa shape index (κ2) is 13.9. The standard InChI is InChI=1S/C30H36ClN5O4/c1-21-9-10-23(20-25(21)31)34-30(38)33-22-11-12-26(24(19-22)29(37)32-13-6-18-39-2)35-14-16-36(17-15-35)27-7-4-5-8-28(27)40-3/h4-5,7-12,19-20H,6,13-18H2,1-3H3,(H,32,37)(H2,33,34,38). The molecule has 0 aliphatic carbocycles. The van der Waals surface area contributed by atoms with E-state index in [1.54, 1.807) is 32.4 Å². The highest BCUT2D eigenvalue weighted by Gasteiger charge is 2.24. The summed E-state index contributed by atoms with van der Waals surface area (Å²) in [5, 5.41) is 9.17. The van der Waals surface area contributed by atoms with Crippen molar-refractivity contribution in [2.45, 2.75) is 13.3 Å². The number of carbonyl (C=O) groups is 2. The van der Waals surface area contributed by atoms with Gasteiger partial charge in [-0.25, -0.2) is 4.79 Å². The van der Waals surface area contributed by atoms with Gasteiger partial charge in [0.05, 0.1) is 18.4 Å². The maximum atomic E-state index is 13.3. The molecule has 3 N–H and O–H groups in total. The number of benzene rings is 3. The van der Waals surface area contributed by atoms with E-state index in [1.165, 1.54) is 0 Å². The fourth-order valence-electron chi connectivity index (χ4n) is 4.63. The Bertz CT molecular complexity index is 1330. The highest BCUT2D eigenvalue weighted by atomic mass is 35.5. The lowest BCUT2D eigenvalue weighted by molar-refractivity contribution is 0.0949. The van der Waals surface area contributed by atoms with Gasteiger partial charge in [-0.2, -0.15) is 0 Å². The summed E-state index contributed by atoms with van der Waals surface area (Å²) in [5.41, 5.74) is 4.39. The first-order valence-corrected chi connectivity index (χ1v) is 13.7. The number of halogens is 1. The molecule has 0 aromatic heterocycles. The predicted octanol–water partition coefficient (Wildman–Crippen LogP) is 5.39. The van der Waals surface area contributed by atoms with Crippen molar-refractivity contribution in [1.82, 2.24) is 5.32 Å². The van der Waals surface area contributed by atoms with E-state index in [-0.39, 0.29) is 5.91 Å². The number of anilines is 4. The first-order valence-electron chi connectivity index (χ1n) is 13.3. The van der Waals surface area contributed by atoms with Crippen LogP contribution in [0.15, 0.2) is 60.7 Å². The molecular weight excluding hydrogens is 530 g/mol. The molecule has 1 fully saturated rings.